The Balaban J connectivity index is 1.70. The second-order valence-corrected chi connectivity index (χ2v) is 7.11. The van der Waals surface area contributed by atoms with Crippen LogP contribution >= 0.6 is 11.6 Å². The van der Waals surface area contributed by atoms with E-state index in [1.54, 1.807) is 43.5 Å². The van der Waals surface area contributed by atoms with Crippen molar-refractivity contribution < 1.29 is 4.39 Å². The normalized spacial score (nSPS) is 12.3. The summed E-state index contributed by atoms with van der Waals surface area (Å²) in [6, 6.07) is 11.9. The summed E-state index contributed by atoms with van der Waals surface area (Å²) >= 11 is 6.05. The molecule has 0 fully saturated rings. The molecule has 0 saturated carbocycles. The number of benzene rings is 1. The van der Waals surface area contributed by atoms with Crippen molar-refractivity contribution in [3.05, 3.63) is 81.6 Å². The molecule has 142 valence electrons. The number of nitrogens with one attached hydrogen (secondary N) is 2. The molecule has 0 bridgehead atoms. The van der Waals surface area contributed by atoms with Gasteiger partial charge >= 0.3 is 0 Å². The number of hydrogen-bond donors (Lipinski definition) is 2. The van der Waals surface area contributed by atoms with Crippen molar-refractivity contribution in [1.82, 2.24) is 14.5 Å². The van der Waals surface area contributed by atoms with Crippen LogP contribution in [0.15, 0.2) is 59.7 Å². The standard InChI is InChI=1S/C21H18ClFN4O/c1-12(16-11-13-10-14(22)5-6-17(13)26-21(16)28)25-20-19(23)15(7-8-24-20)18-4-3-9-27(18)2/h3-12H,1-2H3,(H,24,25)(H,26,28). The first-order chi connectivity index (χ1) is 13.4. The van der Waals surface area contributed by atoms with Gasteiger partial charge in [0.25, 0.3) is 5.56 Å². The van der Waals surface area contributed by atoms with Crippen LogP contribution in [0, 0.1) is 5.82 Å². The van der Waals surface area contributed by atoms with Crippen molar-refractivity contribution in [2.75, 3.05) is 5.32 Å². The molecule has 2 N–H and O–H groups in total. The first-order valence-electron chi connectivity index (χ1n) is 8.79. The summed E-state index contributed by atoms with van der Waals surface area (Å²) in [5.41, 5.74) is 2.11. The molecule has 0 aliphatic heterocycles. The van der Waals surface area contributed by atoms with E-state index in [2.05, 4.69) is 15.3 Å². The smallest absolute Gasteiger partial charge is 0.253 e. The van der Waals surface area contributed by atoms with Crippen molar-refractivity contribution in [2.24, 2.45) is 7.05 Å². The van der Waals surface area contributed by atoms with Gasteiger partial charge in [-0.3, -0.25) is 4.79 Å². The average molecular weight is 397 g/mol. The van der Waals surface area contributed by atoms with E-state index in [1.165, 1.54) is 0 Å². The molecule has 0 radical (unpaired) electrons. The zero-order chi connectivity index (χ0) is 19.8. The molecule has 3 heterocycles. The Morgan fingerprint density at radius 2 is 2.07 bits per heavy atom. The molecule has 0 aliphatic rings. The molecule has 3 aromatic heterocycles. The fraction of sp³-hybridized carbons (Fsp3) is 0.143. The molecule has 1 aromatic carbocycles. The Labute approximate surface area is 165 Å². The molecule has 4 aromatic rings. The fourth-order valence-corrected chi connectivity index (χ4v) is 3.46. The second kappa shape index (κ2) is 7.13. The van der Waals surface area contributed by atoms with Crippen LogP contribution in [0.3, 0.4) is 0 Å². The molecule has 0 spiro atoms. The van der Waals surface area contributed by atoms with E-state index in [0.29, 0.717) is 21.7 Å². The minimum Gasteiger partial charge on any atom is -0.361 e. The lowest BCUT2D eigenvalue weighted by Crippen LogP contribution is -2.20. The molecule has 28 heavy (non-hydrogen) atoms. The number of nitrogens with zero attached hydrogens (tertiary/aromatic N) is 2. The van der Waals surface area contributed by atoms with Crippen LogP contribution in [0.4, 0.5) is 10.2 Å². The third-order valence-electron chi connectivity index (χ3n) is 4.76. The largest absolute Gasteiger partial charge is 0.361 e. The number of pyridine rings is 2. The number of H-pyrrole nitrogens is 1. The number of rotatable bonds is 4. The van der Waals surface area contributed by atoms with Gasteiger partial charge in [-0.2, -0.15) is 0 Å². The highest BCUT2D eigenvalue weighted by Gasteiger charge is 2.17. The van der Waals surface area contributed by atoms with Crippen molar-refractivity contribution >= 4 is 28.3 Å². The van der Waals surface area contributed by atoms with Crippen LogP contribution in [0.5, 0.6) is 0 Å². The van der Waals surface area contributed by atoms with E-state index in [9.17, 15) is 4.79 Å². The van der Waals surface area contributed by atoms with E-state index in [-0.39, 0.29) is 11.4 Å². The van der Waals surface area contributed by atoms with Gasteiger partial charge in [0.15, 0.2) is 11.6 Å². The minimum atomic E-state index is -0.462. The topological polar surface area (TPSA) is 62.7 Å². The lowest BCUT2D eigenvalue weighted by Gasteiger charge is -2.16. The van der Waals surface area contributed by atoms with Gasteiger partial charge in [-0.05, 0) is 49.4 Å². The van der Waals surface area contributed by atoms with Gasteiger partial charge in [0.2, 0.25) is 0 Å². The Morgan fingerprint density at radius 3 is 2.82 bits per heavy atom. The van der Waals surface area contributed by atoms with Crippen molar-refractivity contribution in [1.29, 1.82) is 0 Å². The molecule has 1 unspecified atom stereocenters. The van der Waals surface area contributed by atoms with E-state index in [1.807, 2.05) is 29.9 Å². The summed E-state index contributed by atoms with van der Waals surface area (Å²) in [4.78, 5) is 19.4. The highest BCUT2D eigenvalue weighted by molar-refractivity contribution is 6.31. The first-order valence-corrected chi connectivity index (χ1v) is 9.17. The van der Waals surface area contributed by atoms with Crippen LogP contribution in [-0.2, 0) is 7.05 Å². The average Bonchev–Trinajstić information content (AvgIpc) is 3.09. The summed E-state index contributed by atoms with van der Waals surface area (Å²) in [5.74, 6) is -0.367. The van der Waals surface area contributed by atoms with E-state index < -0.39 is 11.9 Å². The van der Waals surface area contributed by atoms with Crippen molar-refractivity contribution in [3.63, 3.8) is 0 Å². The molecule has 1 atom stereocenters. The maximum Gasteiger partial charge on any atom is 0.253 e. The van der Waals surface area contributed by atoms with Gasteiger partial charge in [0.1, 0.15) is 0 Å². The van der Waals surface area contributed by atoms with E-state index >= 15 is 4.39 Å². The van der Waals surface area contributed by atoms with Gasteiger partial charge in [-0.1, -0.05) is 11.6 Å². The quantitative estimate of drug-likeness (QED) is 0.516. The van der Waals surface area contributed by atoms with Gasteiger partial charge in [-0.15, -0.1) is 0 Å². The lowest BCUT2D eigenvalue weighted by atomic mass is 10.1. The zero-order valence-corrected chi connectivity index (χ0v) is 16.1. The summed E-state index contributed by atoms with van der Waals surface area (Å²) in [5, 5.41) is 4.41. The van der Waals surface area contributed by atoms with E-state index in [0.717, 1.165) is 11.1 Å². The lowest BCUT2D eigenvalue weighted by molar-refractivity contribution is 0.623. The Morgan fingerprint density at radius 1 is 1.25 bits per heavy atom. The number of aromatic amines is 1. The summed E-state index contributed by atoms with van der Waals surface area (Å²) < 4.78 is 16.9. The van der Waals surface area contributed by atoms with E-state index in [4.69, 9.17) is 11.6 Å². The molecule has 4 rings (SSSR count). The van der Waals surface area contributed by atoms with Crippen LogP contribution in [0.25, 0.3) is 22.2 Å². The number of halogens is 2. The predicted octanol–water partition coefficient (Wildman–Crippen LogP) is 4.89. The summed E-state index contributed by atoms with van der Waals surface area (Å²) in [6.07, 6.45) is 3.40. The fourth-order valence-electron chi connectivity index (χ4n) is 3.28. The first kappa shape index (κ1) is 18.3. The number of hydrogen-bond acceptors (Lipinski definition) is 3. The number of aryl methyl sites for hydroxylation is 1. The SMILES string of the molecule is CC(Nc1nccc(-c2cccn2C)c1F)c1cc2cc(Cl)ccc2[nH]c1=O. The Bertz CT molecular complexity index is 1230. The molecule has 5 nitrogen and oxygen atoms in total. The number of fused-ring (bicyclic) bond motifs is 1. The van der Waals surface area contributed by atoms with Gasteiger partial charge < -0.3 is 14.9 Å². The molecule has 0 amide bonds. The van der Waals surface area contributed by atoms with Crippen LogP contribution in [0.2, 0.25) is 5.02 Å². The molecule has 7 heteroatoms. The third kappa shape index (κ3) is 3.27. The minimum absolute atomic E-state index is 0.0943. The molecule has 0 saturated heterocycles. The Hall–Kier alpha value is -3.12. The van der Waals surface area contributed by atoms with Crippen LogP contribution in [-0.4, -0.2) is 14.5 Å². The van der Waals surface area contributed by atoms with Crippen molar-refractivity contribution in [2.45, 2.75) is 13.0 Å². The zero-order valence-electron chi connectivity index (χ0n) is 15.3. The molecular weight excluding hydrogens is 379 g/mol. The Kier molecular flexibility index (Phi) is 4.65. The van der Waals surface area contributed by atoms with Crippen LogP contribution < -0.4 is 10.9 Å². The van der Waals surface area contributed by atoms with Crippen LogP contribution in [0.1, 0.15) is 18.5 Å². The molecule has 0 aliphatic carbocycles. The highest BCUT2D eigenvalue weighted by atomic mass is 35.5. The predicted molar refractivity (Wildman–Crippen MR) is 110 cm³/mol. The molecular formula is C21H18ClFN4O. The highest BCUT2D eigenvalue weighted by Crippen LogP contribution is 2.28. The van der Waals surface area contributed by atoms with Crippen molar-refractivity contribution in [3.8, 4) is 11.3 Å². The third-order valence-corrected chi connectivity index (χ3v) is 5.00. The summed E-state index contributed by atoms with van der Waals surface area (Å²) in [7, 11) is 1.85. The maximum atomic E-state index is 15.1. The van der Waals surface area contributed by atoms with Gasteiger partial charge in [-0.25, -0.2) is 9.37 Å². The summed E-state index contributed by atoms with van der Waals surface area (Å²) in [6.45, 7) is 1.79. The number of anilines is 1. The van der Waals surface area contributed by atoms with Gasteiger partial charge in [0, 0.05) is 46.5 Å². The second-order valence-electron chi connectivity index (χ2n) is 6.68. The monoisotopic (exact) mass is 396 g/mol. The maximum absolute atomic E-state index is 15.1. The van der Waals surface area contributed by atoms with Gasteiger partial charge in [0.05, 0.1) is 11.7 Å². The number of aromatic nitrogens is 3.